The number of carbonyl (C=O) groups is 1. The van der Waals surface area contributed by atoms with Gasteiger partial charge >= 0.3 is 5.97 Å². The minimum atomic E-state index is -1.00. The van der Waals surface area contributed by atoms with Crippen molar-refractivity contribution in [2.24, 2.45) is 0 Å². The molecule has 0 atom stereocenters. The molecule has 1 aliphatic heterocycles. The van der Waals surface area contributed by atoms with Crippen molar-refractivity contribution in [1.29, 1.82) is 0 Å². The first kappa shape index (κ1) is 11.7. The van der Waals surface area contributed by atoms with Crippen molar-refractivity contribution in [3.8, 4) is 0 Å². The summed E-state index contributed by atoms with van der Waals surface area (Å²) in [6.45, 7) is 1.67. The lowest BCUT2D eigenvalue weighted by atomic mass is 10.1. The molecule has 1 aromatic heterocycles. The van der Waals surface area contributed by atoms with Gasteiger partial charge in [-0.1, -0.05) is 0 Å². The summed E-state index contributed by atoms with van der Waals surface area (Å²) in [6.07, 6.45) is 5.10. The highest BCUT2D eigenvalue weighted by Crippen LogP contribution is 2.17. The lowest BCUT2D eigenvalue weighted by Gasteiger charge is -2.28. The van der Waals surface area contributed by atoms with E-state index < -0.39 is 5.97 Å². The first-order valence-electron chi connectivity index (χ1n) is 5.84. The first-order chi connectivity index (χ1) is 8.16. The maximum atomic E-state index is 11.7. The number of aromatic nitrogens is 1. The normalized spacial score (nSPS) is 15.9. The van der Waals surface area contributed by atoms with Gasteiger partial charge in [0.25, 0.3) is 5.56 Å². The Bertz CT molecular complexity index is 461. The molecular formula is C12H16N2O3. The lowest BCUT2D eigenvalue weighted by molar-refractivity contribution is -0.137. The Morgan fingerprint density at radius 1 is 1.29 bits per heavy atom. The second kappa shape index (κ2) is 5.03. The largest absolute Gasteiger partial charge is 0.480 e. The van der Waals surface area contributed by atoms with Gasteiger partial charge in [0.2, 0.25) is 0 Å². The number of rotatable bonds is 3. The number of hydrogen-bond donors (Lipinski definition) is 1. The number of hydrogen-bond acceptors (Lipinski definition) is 3. The number of carboxylic acid groups (broad SMARTS) is 1. The summed E-state index contributed by atoms with van der Waals surface area (Å²) in [6, 6.07) is 3.34. The van der Waals surface area contributed by atoms with Crippen LogP contribution >= 0.6 is 0 Å². The van der Waals surface area contributed by atoms with Crippen LogP contribution in [-0.4, -0.2) is 28.7 Å². The molecule has 1 N–H and O–H groups in total. The summed E-state index contributed by atoms with van der Waals surface area (Å²) >= 11 is 0. The smallest absolute Gasteiger partial charge is 0.323 e. The summed E-state index contributed by atoms with van der Waals surface area (Å²) < 4.78 is 1.20. The van der Waals surface area contributed by atoms with E-state index in [9.17, 15) is 9.59 Å². The summed E-state index contributed by atoms with van der Waals surface area (Å²) in [5, 5.41) is 8.64. The molecule has 5 nitrogen and oxygen atoms in total. The fourth-order valence-electron chi connectivity index (χ4n) is 2.12. The van der Waals surface area contributed by atoms with Crippen LogP contribution in [0.3, 0.4) is 0 Å². The van der Waals surface area contributed by atoms with Gasteiger partial charge < -0.3 is 14.6 Å². The molecule has 0 saturated carbocycles. The maximum absolute atomic E-state index is 11.7. The van der Waals surface area contributed by atoms with E-state index in [4.69, 9.17) is 5.11 Å². The van der Waals surface area contributed by atoms with Crippen LogP contribution in [0.25, 0.3) is 0 Å². The zero-order chi connectivity index (χ0) is 12.3. The zero-order valence-corrected chi connectivity index (χ0v) is 9.63. The number of anilines is 1. The molecule has 17 heavy (non-hydrogen) atoms. The monoisotopic (exact) mass is 236 g/mol. The molecule has 0 radical (unpaired) electrons. The number of pyridine rings is 1. The average Bonchev–Trinajstić information content (AvgIpc) is 2.32. The highest BCUT2D eigenvalue weighted by atomic mass is 16.4. The molecule has 1 aliphatic rings. The van der Waals surface area contributed by atoms with Gasteiger partial charge in [-0.15, -0.1) is 0 Å². The van der Waals surface area contributed by atoms with Crippen LogP contribution in [0.15, 0.2) is 23.1 Å². The minimum absolute atomic E-state index is 0.254. The van der Waals surface area contributed by atoms with Crippen LogP contribution in [0, 0.1) is 0 Å². The van der Waals surface area contributed by atoms with Crippen molar-refractivity contribution < 1.29 is 9.90 Å². The summed E-state index contributed by atoms with van der Waals surface area (Å²) in [5.41, 5.74) is 0.645. The Balaban J connectivity index is 2.18. The maximum Gasteiger partial charge on any atom is 0.323 e. The predicted molar refractivity (Wildman–Crippen MR) is 64.4 cm³/mol. The molecule has 0 bridgehead atoms. The highest BCUT2D eigenvalue weighted by Gasteiger charge is 2.12. The summed E-state index contributed by atoms with van der Waals surface area (Å²) in [7, 11) is 0. The van der Waals surface area contributed by atoms with Gasteiger partial charge in [-0.3, -0.25) is 9.59 Å². The topological polar surface area (TPSA) is 62.5 Å². The van der Waals surface area contributed by atoms with E-state index in [1.165, 1.54) is 17.1 Å². The van der Waals surface area contributed by atoms with Crippen molar-refractivity contribution in [3.63, 3.8) is 0 Å². The Morgan fingerprint density at radius 3 is 2.59 bits per heavy atom. The fourth-order valence-corrected chi connectivity index (χ4v) is 2.12. The fraction of sp³-hybridized carbons (Fsp3) is 0.500. The Labute approximate surface area is 99.3 Å². The Kier molecular flexibility index (Phi) is 3.46. The SMILES string of the molecule is O=C(O)Cn1ccc(N2CCCCC2)cc1=O. The second-order valence-electron chi connectivity index (χ2n) is 4.29. The van der Waals surface area contributed by atoms with Gasteiger partial charge in [-0.2, -0.15) is 0 Å². The molecule has 1 aromatic rings. The van der Waals surface area contributed by atoms with E-state index in [0.29, 0.717) is 0 Å². The summed E-state index contributed by atoms with van der Waals surface area (Å²) in [4.78, 5) is 24.4. The predicted octanol–water partition coefficient (Wildman–Crippen LogP) is 0.923. The molecule has 2 heterocycles. The number of piperidine rings is 1. The molecule has 2 rings (SSSR count). The van der Waals surface area contributed by atoms with E-state index in [1.54, 1.807) is 6.20 Å². The molecule has 5 heteroatoms. The van der Waals surface area contributed by atoms with Crippen molar-refractivity contribution in [3.05, 3.63) is 28.7 Å². The minimum Gasteiger partial charge on any atom is -0.480 e. The molecule has 1 saturated heterocycles. The van der Waals surface area contributed by atoms with Gasteiger partial charge in [0.15, 0.2) is 0 Å². The van der Waals surface area contributed by atoms with Crippen LogP contribution in [0.5, 0.6) is 0 Å². The van der Waals surface area contributed by atoms with E-state index in [-0.39, 0.29) is 12.1 Å². The van der Waals surface area contributed by atoms with Gasteiger partial charge in [0.05, 0.1) is 0 Å². The molecule has 92 valence electrons. The number of aliphatic carboxylic acids is 1. The summed E-state index contributed by atoms with van der Waals surface area (Å²) in [5.74, 6) is -1.00. The third-order valence-corrected chi connectivity index (χ3v) is 3.01. The first-order valence-corrected chi connectivity index (χ1v) is 5.84. The lowest BCUT2D eigenvalue weighted by Crippen LogP contribution is -2.31. The van der Waals surface area contributed by atoms with Crippen molar-refractivity contribution in [2.45, 2.75) is 25.8 Å². The third kappa shape index (κ3) is 2.87. The van der Waals surface area contributed by atoms with Crippen LogP contribution in [0.1, 0.15) is 19.3 Å². The van der Waals surface area contributed by atoms with E-state index in [1.807, 2.05) is 6.07 Å². The van der Waals surface area contributed by atoms with Gasteiger partial charge in [-0.05, 0) is 25.3 Å². The van der Waals surface area contributed by atoms with Crippen molar-refractivity contribution >= 4 is 11.7 Å². The number of carboxylic acids is 1. The Morgan fingerprint density at radius 2 is 2.00 bits per heavy atom. The Hall–Kier alpha value is -1.78. The van der Waals surface area contributed by atoms with E-state index in [0.717, 1.165) is 31.6 Å². The van der Waals surface area contributed by atoms with Crippen LogP contribution in [-0.2, 0) is 11.3 Å². The molecule has 0 amide bonds. The molecule has 0 unspecified atom stereocenters. The number of nitrogens with zero attached hydrogens (tertiary/aromatic N) is 2. The van der Waals surface area contributed by atoms with Crippen molar-refractivity contribution in [2.75, 3.05) is 18.0 Å². The van der Waals surface area contributed by atoms with Crippen LogP contribution in [0.2, 0.25) is 0 Å². The second-order valence-corrected chi connectivity index (χ2v) is 4.29. The molecule has 1 fully saturated rings. The quantitative estimate of drug-likeness (QED) is 0.847. The average molecular weight is 236 g/mol. The molecule has 0 spiro atoms. The van der Waals surface area contributed by atoms with Crippen LogP contribution in [0.4, 0.5) is 5.69 Å². The van der Waals surface area contributed by atoms with Gasteiger partial charge in [-0.25, -0.2) is 0 Å². The van der Waals surface area contributed by atoms with Crippen molar-refractivity contribution in [1.82, 2.24) is 4.57 Å². The standard InChI is InChI=1S/C12H16N2O3/c15-11-8-10(13-5-2-1-3-6-13)4-7-14(11)9-12(16)17/h4,7-8H,1-3,5-6,9H2,(H,16,17). The molecule has 0 aliphatic carbocycles. The third-order valence-electron chi connectivity index (χ3n) is 3.01. The molecule has 0 aromatic carbocycles. The van der Waals surface area contributed by atoms with Crippen LogP contribution < -0.4 is 10.5 Å². The van der Waals surface area contributed by atoms with Gasteiger partial charge in [0, 0.05) is 31.0 Å². The van der Waals surface area contributed by atoms with E-state index in [2.05, 4.69) is 4.90 Å². The zero-order valence-electron chi connectivity index (χ0n) is 9.63. The van der Waals surface area contributed by atoms with E-state index >= 15 is 0 Å². The molecular weight excluding hydrogens is 220 g/mol. The van der Waals surface area contributed by atoms with Gasteiger partial charge in [0.1, 0.15) is 6.54 Å². The highest BCUT2D eigenvalue weighted by molar-refractivity contribution is 5.66.